The molecule has 6 heteroatoms. The maximum atomic E-state index is 11.7. The van der Waals surface area contributed by atoms with Crippen LogP contribution in [0.5, 0.6) is 0 Å². The number of benzene rings is 1. The van der Waals surface area contributed by atoms with Crippen LogP contribution in [0.25, 0.3) is 16.9 Å². The minimum Gasteiger partial charge on any atom is -0.326 e. The Balaban J connectivity index is 1.74. The maximum absolute atomic E-state index is 11.7. The molecule has 0 atom stereocenters. The van der Waals surface area contributed by atoms with E-state index in [-0.39, 0.29) is 5.91 Å². The van der Waals surface area contributed by atoms with E-state index in [0.717, 1.165) is 29.8 Å². The van der Waals surface area contributed by atoms with E-state index in [2.05, 4.69) is 27.5 Å². The summed E-state index contributed by atoms with van der Waals surface area (Å²) in [4.78, 5) is 11.7. The number of nitrogens with one attached hydrogen (secondary N) is 1. The molecule has 1 N–H and O–H groups in total. The van der Waals surface area contributed by atoms with Gasteiger partial charge in [-0.15, -0.1) is 10.2 Å². The Labute approximate surface area is 128 Å². The largest absolute Gasteiger partial charge is 0.326 e. The monoisotopic (exact) mass is 295 g/mol. The molecule has 1 amide bonds. The van der Waals surface area contributed by atoms with Gasteiger partial charge < -0.3 is 5.32 Å². The average molecular weight is 295 g/mol. The lowest BCUT2D eigenvalue weighted by atomic mass is 10.1. The molecule has 0 saturated carbocycles. The van der Waals surface area contributed by atoms with Crippen molar-refractivity contribution < 1.29 is 4.79 Å². The second-order valence-corrected chi connectivity index (χ2v) is 5.08. The Bertz CT molecular complexity index is 779. The van der Waals surface area contributed by atoms with Gasteiger partial charge in [0.1, 0.15) is 6.33 Å². The maximum Gasteiger partial charge on any atom is 0.224 e. The summed E-state index contributed by atoms with van der Waals surface area (Å²) in [5.41, 5.74) is 3.32. The van der Waals surface area contributed by atoms with E-state index < -0.39 is 0 Å². The van der Waals surface area contributed by atoms with Crippen molar-refractivity contribution in [1.82, 2.24) is 19.8 Å². The summed E-state index contributed by atoms with van der Waals surface area (Å²) in [7, 11) is 0. The number of hydrogen-bond acceptors (Lipinski definition) is 4. The van der Waals surface area contributed by atoms with Gasteiger partial charge in [0.15, 0.2) is 5.65 Å². The first-order valence-electron chi connectivity index (χ1n) is 7.33. The highest BCUT2D eigenvalue weighted by Crippen LogP contribution is 2.19. The first kappa shape index (κ1) is 14.2. The van der Waals surface area contributed by atoms with E-state index in [1.54, 1.807) is 10.8 Å². The van der Waals surface area contributed by atoms with E-state index in [9.17, 15) is 4.79 Å². The molecule has 0 bridgehead atoms. The van der Waals surface area contributed by atoms with Crippen molar-refractivity contribution in [2.24, 2.45) is 0 Å². The standard InChI is InChI=1S/C16H17N5O/c1-2-3-4-16(22)18-13-7-5-12(6-8-13)14-9-10-15-19-17-11-21(15)20-14/h5-11H,2-4H2,1H3,(H,18,22). The topological polar surface area (TPSA) is 72.2 Å². The van der Waals surface area contributed by atoms with E-state index >= 15 is 0 Å². The van der Waals surface area contributed by atoms with E-state index in [1.165, 1.54) is 0 Å². The summed E-state index contributed by atoms with van der Waals surface area (Å²) in [6, 6.07) is 11.4. The third-order valence-corrected chi connectivity index (χ3v) is 3.38. The van der Waals surface area contributed by atoms with Gasteiger partial charge in [-0.3, -0.25) is 4.79 Å². The molecular formula is C16H17N5O. The highest BCUT2D eigenvalue weighted by atomic mass is 16.1. The summed E-state index contributed by atoms with van der Waals surface area (Å²) in [5, 5.41) is 15.1. The van der Waals surface area contributed by atoms with Crippen LogP contribution in [-0.4, -0.2) is 25.7 Å². The van der Waals surface area contributed by atoms with Gasteiger partial charge in [0.05, 0.1) is 5.69 Å². The lowest BCUT2D eigenvalue weighted by Crippen LogP contribution is -2.10. The number of carbonyl (C=O) groups is 1. The summed E-state index contributed by atoms with van der Waals surface area (Å²) in [6.45, 7) is 2.07. The Morgan fingerprint density at radius 1 is 1.18 bits per heavy atom. The van der Waals surface area contributed by atoms with Gasteiger partial charge >= 0.3 is 0 Å². The highest BCUT2D eigenvalue weighted by Gasteiger charge is 2.04. The zero-order valence-corrected chi connectivity index (χ0v) is 12.4. The molecule has 2 heterocycles. The zero-order chi connectivity index (χ0) is 15.4. The van der Waals surface area contributed by atoms with Crippen LogP contribution in [-0.2, 0) is 4.79 Å². The molecule has 0 radical (unpaired) electrons. The molecule has 3 aromatic rings. The lowest BCUT2D eigenvalue weighted by Gasteiger charge is -2.06. The minimum atomic E-state index is 0.0543. The molecule has 0 spiro atoms. The van der Waals surface area contributed by atoms with E-state index in [4.69, 9.17) is 0 Å². The molecule has 2 aromatic heterocycles. The van der Waals surface area contributed by atoms with Crippen LogP contribution < -0.4 is 5.32 Å². The van der Waals surface area contributed by atoms with Crippen LogP contribution in [0.4, 0.5) is 5.69 Å². The van der Waals surface area contributed by atoms with E-state index in [0.29, 0.717) is 12.1 Å². The summed E-state index contributed by atoms with van der Waals surface area (Å²) in [6.07, 6.45) is 4.06. The molecule has 0 fully saturated rings. The first-order valence-corrected chi connectivity index (χ1v) is 7.33. The second kappa shape index (κ2) is 6.34. The number of fused-ring (bicyclic) bond motifs is 1. The number of carbonyl (C=O) groups excluding carboxylic acids is 1. The van der Waals surface area contributed by atoms with Gasteiger partial charge in [0.25, 0.3) is 0 Å². The normalized spacial score (nSPS) is 10.8. The van der Waals surface area contributed by atoms with Crippen LogP contribution in [0, 0.1) is 0 Å². The van der Waals surface area contributed by atoms with E-state index in [1.807, 2.05) is 36.4 Å². The number of nitrogens with zero attached hydrogens (tertiary/aromatic N) is 4. The molecule has 3 rings (SSSR count). The van der Waals surface area contributed by atoms with Crippen molar-refractivity contribution in [2.75, 3.05) is 5.32 Å². The number of rotatable bonds is 5. The number of unbranched alkanes of at least 4 members (excludes halogenated alkanes) is 1. The van der Waals surface area contributed by atoms with Crippen LogP contribution in [0.3, 0.4) is 0 Å². The van der Waals surface area contributed by atoms with Crippen molar-refractivity contribution in [3.8, 4) is 11.3 Å². The fourth-order valence-corrected chi connectivity index (χ4v) is 2.17. The van der Waals surface area contributed by atoms with Gasteiger partial charge in [-0.25, -0.2) is 0 Å². The molecule has 0 aliphatic carbocycles. The highest BCUT2D eigenvalue weighted by molar-refractivity contribution is 5.90. The van der Waals surface area contributed by atoms with Crippen LogP contribution in [0.15, 0.2) is 42.7 Å². The number of hydrogen-bond donors (Lipinski definition) is 1. The van der Waals surface area contributed by atoms with Gasteiger partial charge in [0, 0.05) is 17.7 Å². The lowest BCUT2D eigenvalue weighted by molar-refractivity contribution is -0.116. The molecule has 0 aliphatic heterocycles. The number of amides is 1. The van der Waals surface area contributed by atoms with Gasteiger partial charge in [-0.05, 0) is 30.7 Å². The summed E-state index contributed by atoms with van der Waals surface area (Å²) >= 11 is 0. The Hall–Kier alpha value is -2.76. The predicted octanol–water partition coefficient (Wildman–Crippen LogP) is 2.92. The third kappa shape index (κ3) is 3.11. The SMILES string of the molecule is CCCCC(=O)Nc1ccc(-c2ccc3nncn3n2)cc1. The molecule has 112 valence electrons. The number of aromatic nitrogens is 4. The molecule has 0 saturated heterocycles. The Morgan fingerprint density at radius 2 is 2.00 bits per heavy atom. The molecular weight excluding hydrogens is 278 g/mol. The molecule has 0 aliphatic rings. The predicted molar refractivity (Wildman–Crippen MR) is 84.4 cm³/mol. The van der Waals surface area contributed by atoms with Gasteiger partial charge in [-0.2, -0.15) is 9.61 Å². The van der Waals surface area contributed by atoms with Gasteiger partial charge in [0.2, 0.25) is 5.91 Å². The second-order valence-electron chi connectivity index (χ2n) is 5.08. The average Bonchev–Trinajstić information content (AvgIpc) is 3.01. The van der Waals surface area contributed by atoms with Crippen molar-refractivity contribution in [3.05, 3.63) is 42.7 Å². The summed E-state index contributed by atoms with van der Waals surface area (Å²) < 4.78 is 1.63. The number of anilines is 1. The fourth-order valence-electron chi connectivity index (χ4n) is 2.17. The smallest absolute Gasteiger partial charge is 0.224 e. The minimum absolute atomic E-state index is 0.0543. The Morgan fingerprint density at radius 3 is 2.77 bits per heavy atom. The Kier molecular flexibility index (Phi) is 4.09. The van der Waals surface area contributed by atoms with Gasteiger partial charge in [-0.1, -0.05) is 25.5 Å². The van der Waals surface area contributed by atoms with Crippen LogP contribution >= 0.6 is 0 Å². The molecule has 6 nitrogen and oxygen atoms in total. The zero-order valence-electron chi connectivity index (χ0n) is 12.4. The van der Waals surface area contributed by atoms with Crippen molar-refractivity contribution >= 4 is 17.2 Å². The molecule has 22 heavy (non-hydrogen) atoms. The van der Waals surface area contributed by atoms with Crippen molar-refractivity contribution in [2.45, 2.75) is 26.2 Å². The molecule has 0 unspecified atom stereocenters. The quantitative estimate of drug-likeness (QED) is 0.785. The van der Waals surface area contributed by atoms with Crippen LogP contribution in [0.1, 0.15) is 26.2 Å². The fraction of sp³-hybridized carbons (Fsp3) is 0.250. The summed E-state index contributed by atoms with van der Waals surface area (Å²) in [5.74, 6) is 0.0543. The molecule has 1 aromatic carbocycles. The van der Waals surface area contributed by atoms with Crippen molar-refractivity contribution in [1.29, 1.82) is 0 Å². The van der Waals surface area contributed by atoms with Crippen molar-refractivity contribution in [3.63, 3.8) is 0 Å². The first-order chi connectivity index (χ1) is 10.8. The third-order valence-electron chi connectivity index (χ3n) is 3.38. The van der Waals surface area contributed by atoms with Crippen LogP contribution in [0.2, 0.25) is 0 Å².